The molecule has 0 unspecified atom stereocenters. The molecular formula is C21H22N4O2. The van der Waals surface area contributed by atoms with Gasteiger partial charge in [-0.15, -0.1) is 0 Å². The van der Waals surface area contributed by atoms with Gasteiger partial charge in [0, 0.05) is 24.8 Å². The van der Waals surface area contributed by atoms with E-state index in [1.165, 1.54) is 11.3 Å². The predicted octanol–water partition coefficient (Wildman–Crippen LogP) is 3.80. The van der Waals surface area contributed by atoms with Crippen LogP contribution >= 0.6 is 0 Å². The van der Waals surface area contributed by atoms with E-state index in [4.69, 9.17) is 9.47 Å². The van der Waals surface area contributed by atoms with E-state index in [9.17, 15) is 0 Å². The summed E-state index contributed by atoms with van der Waals surface area (Å²) in [5.74, 6) is 3.14. The van der Waals surface area contributed by atoms with Crippen molar-refractivity contribution >= 4 is 17.3 Å². The Morgan fingerprint density at radius 3 is 2.70 bits per heavy atom. The van der Waals surface area contributed by atoms with Crippen molar-refractivity contribution in [3.05, 3.63) is 66.0 Å². The lowest BCUT2D eigenvalue weighted by molar-refractivity contribution is 0.354. The van der Waals surface area contributed by atoms with Crippen LogP contribution in [0.1, 0.15) is 11.1 Å². The highest BCUT2D eigenvalue weighted by molar-refractivity contribution is 5.68. The van der Waals surface area contributed by atoms with Crippen molar-refractivity contribution in [2.45, 2.75) is 13.0 Å². The molecular weight excluding hydrogens is 340 g/mol. The van der Waals surface area contributed by atoms with Gasteiger partial charge in [0.2, 0.25) is 0 Å². The van der Waals surface area contributed by atoms with E-state index in [-0.39, 0.29) is 0 Å². The van der Waals surface area contributed by atoms with Crippen LogP contribution in [0.4, 0.5) is 17.3 Å². The summed E-state index contributed by atoms with van der Waals surface area (Å²) in [6.07, 6.45) is 2.64. The highest BCUT2D eigenvalue weighted by Crippen LogP contribution is 2.33. The molecule has 138 valence electrons. The van der Waals surface area contributed by atoms with Crippen LogP contribution in [0.25, 0.3) is 0 Å². The second-order valence-corrected chi connectivity index (χ2v) is 6.33. The minimum atomic E-state index is 0.632. The van der Waals surface area contributed by atoms with Crippen molar-refractivity contribution in [2.75, 3.05) is 31.0 Å². The van der Waals surface area contributed by atoms with E-state index < -0.39 is 0 Å². The highest BCUT2D eigenvalue weighted by atomic mass is 16.5. The van der Waals surface area contributed by atoms with E-state index in [1.54, 1.807) is 20.5 Å². The molecule has 4 rings (SSSR count). The monoisotopic (exact) mass is 362 g/mol. The number of hydrogen-bond acceptors (Lipinski definition) is 6. The fourth-order valence-electron chi connectivity index (χ4n) is 3.35. The summed E-state index contributed by atoms with van der Waals surface area (Å²) in [6.45, 7) is 1.57. The van der Waals surface area contributed by atoms with Crippen LogP contribution in [-0.2, 0) is 13.0 Å². The number of fused-ring (bicyclic) bond motifs is 1. The molecule has 1 aliphatic rings. The molecule has 0 saturated carbocycles. The molecule has 6 nitrogen and oxygen atoms in total. The third kappa shape index (κ3) is 3.51. The zero-order valence-electron chi connectivity index (χ0n) is 15.5. The van der Waals surface area contributed by atoms with Crippen LogP contribution < -0.4 is 19.7 Å². The van der Waals surface area contributed by atoms with Gasteiger partial charge in [-0.05, 0) is 35.7 Å². The summed E-state index contributed by atoms with van der Waals surface area (Å²) >= 11 is 0. The van der Waals surface area contributed by atoms with E-state index in [0.29, 0.717) is 12.3 Å². The normalized spacial score (nSPS) is 12.6. The fourth-order valence-corrected chi connectivity index (χ4v) is 3.35. The number of anilines is 3. The minimum absolute atomic E-state index is 0.632. The van der Waals surface area contributed by atoms with Crippen molar-refractivity contribution in [2.24, 2.45) is 0 Å². The summed E-state index contributed by atoms with van der Waals surface area (Å²) < 4.78 is 10.6. The van der Waals surface area contributed by atoms with E-state index in [1.807, 2.05) is 24.3 Å². The van der Waals surface area contributed by atoms with Gasteiger partial charge in [-0.3, -0.25) is 0 Å². The molecule has 6 heteroatoms. The van der Waals surface area contributed by atoms with Gasteiger partial charge in [-0.25, -0.2) is 9.97 Å². The van der Waals surface area contributed by atoms with Gasteiger partial charge < -0.3 is 19.7 Å². The maximum atomic E-state index is 5.36. The number of rotatable bonds is 6. The number of methoxy groups -OCH3 is 2. The lowest BCUT2D eigenvalue weighted by Gasteiger charge is -2.18. The smallest absolute Gasteiger partial charge is 0.161 e. The summed E-state index contributed by atoms with van der Waals surface area (Å²) in [5.41, 5.74) is 3.66. The molecule has 1 N–H and O–H groups in total. The standard InChI is InChI=1S/C21H22N4O2/c1-26-18-8-7-15(11-19(18)27-2)13-22-20-12-21(24-14-23-20)25-10-9-16-5-3-4-6-17(16)25/h3-8,11-12,14H,9-10,13H2,1-2H3,(H,22,23,24). The zero-order chi connectivity index (χ0) is 18.6. The Kier molecular flexibility index (Phi) is 4.78. The Morgan fingerprint density at radius 1 is 1.00 bits per heavy atom. The fraction of sp³-hybridized carbons (Fsp3) is 0.238. The van der Waals surface area contributed by atoms with Crippen LogP contribution in [0, 0.1) is 0 Å². The van der Waals surface area contributed by atoms with Gasteiger partial charge in [0.1, 0.15) is 18.0 Å². The zero-order valence-corrected chi connectivity index (χ0v) is 15.5. The molecule has 1 aromatic heterocycles. The van der Waals surface area contributed by atoms with E-state index in [0.717, 1.165) is 35.9 Å². The minimum Gasteiger partial charge on any atom is -0.493 e. The van der Waals surface area contributed by atoms with Gasteiger partial charge >= 0.3 is 0 Å². The number of nitrogens with one attached hydrogen (secondary N) is 1. The van der Waals surface area contributed by atoms with Crippen molar-refractivity contribution in [1.82, 2.24) is 9.97 Å². The maximum Gasteiger partial charge on any atom is 0.161 e. The largest absolute Gasteiger partial charge is 0.493 e. The van der Waals surface area contributed by atoms with Gasteiger partial charge in [0.15, 0.2) is 11.5 Å². The SMILES string of the molecule is COc1ccc(CNc2cc(N3CCc4ccccc43)ncn2)cc1OC. The first-order chi connectivity index (χ1) is 13.3. The summed E-state index contributed by atoms with van der Waals surface area (Å²) in [6, 6.07) is 16.3. The Labute approximate surface area is 158 Å². The first-order valence-electron chi connectivity index (χ1n) is 8.91. The van der Waals surface area contributed by atoms with E-state index in [2.05, 4.69) is 44.5 Å². The Bertz CT molecular complexity index is 945. The third-order valence-electron chi connectivity index (χ3n) is 4.74. The molecule has 0 fully saturated rings. The molecule has 0 radical (unpaired) electrons. The molecule has 0 atom stereocenters. The average Bonchev–Trinajstić information content (AvgIpc) is 3.16. The Morgan fingerprint density at radius 2 is 1.85 bits per heavy atom. The first-order valence-corrected chi connectivity index (χ1v) is 8.91. The molecule has 0 spiro atoms. The second-order valence-electron chi connectivity index (χ2n) is 6.33. The first kappa shape index (κ1) is 17.1. The van der Waals surface area contributed by atoms with Gasteiger partial charge in [0.25, 0.3) is 0 Å². The number of aromatic nitrogens is 2. The van der Waals surface area contributed by atoms with E-state index >= 15 is 0 Å². The topological polar surface area (TPSA) is 59.5 Å². The molecule has 2 heterocycles. The predicted molar refractivity (Wildman–Crippen MR) is 106 cm³/mol. The van der Waals surface area contributed by atoms with Crippen LogP contribution in [0.3, 0.4) is 0 Å². The van der Waals surface area contributed by atoms with Gasteiger partial charge in [-0.2, -0.15) is 0 Å². The third-order valence-corrected chi connectivity index (χ3v) is 4.74. The highest BCUT2D eigenvalue weighted by Gasteiger charge is 2.21. The van der Waals surface area contributed by atoms with Gasteiger partial charge in [-0.1, -0.05) is 24.3 Å². The summed E-state index contributed by atoms with van der Waals surface area (Å²) in [4.78, 5) is 11.1. The molecule has 0 amide bonds. The molecule has 0 aliphatic carbocycles. The molecule has 0 bridgehead atoms. The molecule has 1 aliphatic heterocycles. The van der Waals surface area contributed by atoms with Gasteiger partial charge in [0.05, 0.1) is 14.2 Å². The van der Waals surface area contributed by atoms with Crippen molar-refractivity contribution in [1.29, 1.82) is 0 Å². The quantitative estimate of drug-likeness (QED) is 0.720. The second kappa shape index (κ2) is 7.53. The molecule has 3 aromatic rings. The van der Waals surface area contributed by atoms with Crippen LogP contribution in [0.2, 0.25) is 0 Å². The Balaban J connectivity index is 1.49. The van der Waals surface area contributed by atoms with Crippen molar-refractivity contribution < 1.29 is 9.47 Å². The maximum absolute atomic E-state index is 5.36. The Hall–Kier alpha value is -3.28. The number of ether oxygens (including phenoxy) is 2. The van der Waals surface area contributed by atoms with Crippen molar-refractivity contribution in [3.63, 3.8) is 0 Å². The molecule has 27 heavy (non-hydrogen) atoms. The van der Waals surface area contributed by atoms with Crippen molar-refractivity contribution in [3.8, 4) is 11.5 Å². The van der Waals surface area contributed by atoms with Crippen LogP contribution in [-0.4, -0.2) is 30.7 Å². The average molecular weight is 362 g/mol. The summed E-state index contributed by atoms with van der Waals surface area (Å²) in [7, 11) is 3.27. The summed E-state index contributed by atoms with van der Waals surface area (Å²) in [5, 5.41) is 3.36. The number of benzene rings is 2. The molecule has 0 saturated heterocycles. The van der Waals surface area contributed by atoms with Crippen LogP contribution in [0.5, 0.6) is 11.5 Å². The molecule has 2 aromatic carbocycles. The number of nitrogens with zero attached hydrogens (tertiary/aromatic N) is 3. The lowest BCUT2D eigenvalue weighted by Crippen LogP contribution is -2.15. The number of hydrogen-bond donors (Lipinski definition) is 1. The lowest BCUT2D eigenvalue weighted by atomic mass is 10.2. The van der Waals surface area contributed by atoms with Crippen LogP contribution in [0.15, 0.2) is 54.9 Å². The number of para-hydroxylation sites is 1.